The third kappa shape index (κ3) is 2.93. The van der Waals surface area contributed by atoms with E-state index in [0.717, 1.165) is 27.3 Å². The lowest BCUT2D eigenvalue weighted by Crippen LogP contribution is -2.60. The van der Waals surface area contributed by atoms with Crippen molar-refractivity contribution in [3.63, 3.8) is 0 Å². The normalized spacial score (nSPS) is 27.7. The first kappa shape index (κ1) is 18.3. The average molecular weight is 396 g/mol. The molecule has 29 heavy (non-hydrogen) atoms. The van der Waals surface area contributed by atoms with E-state index in [0.29, 0.717) is 11.3 Å². The molecular formula is C21H20N2O6. The number of aliphatic hydroxyl groups excluding tert-OH is 4. The van der Waals surface area contributed by atoms with Crippen LogP contribution in [0.2, 0.25) is 0 Å². The van der Waals surface area contributed by atoms with Gasteiger partial charge in [-0.05, 0) is 18.2 Å². The second-order valence-corrected chi connectivity index (χ2v) is 7.20. The van der Waals surface area contributed by atoms with Crippen LogP contribution >= 0.6 is 0 Å². The molecule has 5 rings (SSSR count). The van der Waals surface area contributed by atoms with Crippen LogP contribution in [-0.4, -0.2) is 67.7 Å². The van der Waals surface area contributed by atoms with Crippen LogP contribution < -0.4 is 4.74 Å². The summed E-state index contributed by atoms with van der Waals surface area (Å²) in [7, 11) is 0. The van der Waals surface area contributed by atoms with Crippen molar-refractivity contribution in [1.82, 2.24) is 9.97 Å². The average Bonchev–Trinajstić information content (AvgIpc) is 3.11. The Morgan fingerprint density at radius 3 is 2.66 bits per heavy atom. The molecule has 0 bridgehead atoms. The minimum Gasteiger partial charge on any atom is -0.460 e. The van der Waals surface area contributed by atoms with E-state index < -0.39 is 37.3 Å². The predicted octanol–water partition coefficient (Wildman–Crippen LogP) is 1.05. The Hall–Kier alpha value is -2.75. The van der Waals surface area contributed by atoms with Crippen molar-refractivity contribution in [3.8, 4) is 5.75 Å². The minimum atomic E-state index is -1.50. The number of aromatic nitrogens is 2. The molecule has 4 aromatic rings. The maximum absolute atomic E-state index is 10.3. The highest BCUT2D eigenvalue weighted by Gasteiger charge is 2.44. The van der Waals surface area contributed by atoms with E-state index in [1.807, 2.05) is 36.4 Å². The van der Waals surface area contributed by atoms with Gasteiger partial charge in [0.2, 0.25) is 6.29 Å². The summed E-state index contributed by atoms with van der Waals surface area (Å²) in [5, 5.41) is 41.4. The zero-order valence-electron chi connectivity index (χ0n) is 15.3. The fourth-order valence-electron chi connectivity index (χ4n) is 3.80. The fourth-order valence-corrected chi connectivity index (χ4v) is 3.80. The van der Waals surface area contributed by atoms with Gasteiger partial charge in [0.15, 0.2) is 0 Å². The molecule has 8 heteroatoms. The summed E-state index contributed by atoms with van der Waals surface area (Å²) >= 11 is 0. The lowest BCUT2D eigenvalue weighted by atomic mass is 9.99. The number of aromatic amines is 1. The first-order valence-electron chi connectivity index (χ1n) is 9.34. The van der Waals surface area contributed by atoms with E-state index in [2.05, 4.69) is 4.98 Å². The van der Waals surface area contributed by atoms with Crippen LogP contribution in [0.1, 0.15) is 0 Å². The molecule has 1 aliphatic heterocycles. The van der Waals surface area contributed by atoms with E-state index in [-0.39, 0.29) is 0 Å². The number of pyridine rings is 1. The Kier molecular flexibility index (Phi) is 4.38. The van der Waals surface area contributed by atoms with E-state index in [9.17, 15) is 20.4 Å². The van der Waals surface area contributed by atoms with Gasteiger partial charge < -0.3 is 34.9 Å². The zero-order valence-corrected chi connectivity index (χ0v) is 15.3. The molecule has 8 nitrogen and oxygen atoms in total. The number of para-hydroxylation sites is 2. The molecule has 0 amide bonds. The Labute approximate surface area is 164 Å². The SMILES string of the molecule is OC[C@H]1OC(Oc2cccc3c2[nH]c2cc4ccccc4nc23)[C@H](O)[C@@H](O)[C@@H]1O. The molecule has 0 saturated carbocycles. The summed E-state index contributed by atoms with van der Waals surface area (Å²) in [5.74, 6) is 0.397. The van der Waals surface area contributed by atoms with Crippen molar-refractivity contribution < 1.29 is 29.9 Å². The highest BCUT2D eigenvalue weighted by molar-refractivity contribution is 6.09. The van der Waals surface area contributed by atoms with Gasteiger partial charge in [-0.3, -0.25) is 0 Å². The molecule has 0 radical (unpaired) electrons. The van der Waals surface area contributed by atoms with Crippen molar-refractivity contribution in [1.29, 1.82) is 0 Å². The molecule has 1 aliphatic rings. The van der Waals surface area contributed by atoms with Crippen molar-refractivity contribution in [2.45, 2.75) is 30.7 Å². The van der Waals surface area contributed by atoms with E-state index >= 15 is 0 Å². The topological polar surface area (TPSA) is 128 Å². The highest BCUT2D eigenvalue weighted by Crippen LogP contribution is 2.34. The summed E-state index contributed by atoms with van der Waals surface area (Å²) in [4.78, 5) is 8.04. The zero-order chi connectivity index (χ0) is 20.1. The molecule has 150 valence electrons. The monoisotopic (exact) mass is 396 g/mol. The molecule has 2 aromatic carbocycles. The minimum absolute atomic E-state index is 0.397. The number of H-pyrrole nitrogens is 1. The van der Waals surface area contributed by atoms with Gasteiger partial charge in [0.1, 0.15) is 30.2 Å². The second-order valence-electron chi connectivity index (χ2n) is 7.20. The molecule has 5 N–H and O–H groups in total. The Balaban J connectivity index is 1.57. The van der Waals surface area contributed by atoms with Gasteiger partial charge in [0, 0.05) is 10.8 Å². The fraction of sp³-hybridized carbons (Fsp3) is 0.286. The number of nitrogens with one attached hydrogen (secondary N) is 1. The summed E-state index contributed by atoms with van der Waals surface area (Å²) in [6.07, 6.45) is -6.70. The predicted molar refractivity (Wildman–Crippen MR) is 106 cm³/mol. The maximum atomic E-state index is 10.3. The van der Waals surface area contributed by atoms with Crippen LogP contribution in [0.5, 0.6) is 5.75 Å². The lowest BCUT2D eigenvalue weighted by molar-refractivity contribution is -0.277. The summed E-state index contributed by atoms with van der Waals surface area (Å²) in [6, 6.07) is 15.2. The van der Waals surface area contributed by atoms with E-state index in [4.69, 9.17) is 14.5 Å². The Morgan fingerprint density at radius 2 is 1.83 bits per heavy atom. The molecular weight excluding hydrogens is 376 g/mol. The van der Waals surface area contributed by atoms with Gasteiger partial charge >= 0.3 is 0 Å². The van der Waals surface area contributed by atoms with Gasteiger partial charge in [-0.25, -0.2) is 4.98 Å². The number of ether oxygens (including phenoxy) is 2. The molecule has 1 unspecified atom stereocenters. The van der Waals surface area contributed by atoms with Gasteiger partial charge in [-0.1, -0.05) is 30.3 Å². The number of hydrogen-bond donors (Lipinski definition) is 5. The number of benzene rings is 2. The van der Waals surface area contributed by atoms with Crippen LogP contribution in [0.3, 0.4) is 0 Å². The molecule has 5 atom stereocenters. The number of aliphatic hydroxyl groups is 4. The number of nitrogens with zero attached hydrogens (tertiary/aromatic N) is 1. The molecule has 2 aromatic heterocycles. The summed E-state index contributed by atoms with van der Waals surface area (Å²) in [5.41, 5.74) is 3.17. The number of rotatable bonds is 3. The largest absolute Gasteiger partial charge is 0.460 e. The smallest absolute Gasteiger partial charge is 0.229 e. The van der Waals surface area contributed by atoms with E-state index in [1.165, 1.54) is 0 Å². The summed E-state index contributed by atoms with van der Waals surface area (Å²) < 4.78 is 11.3. The first-order valence-corrected chi connectivity index (χ1v) is 9.34. The third-order valence-electron chi connectivity index (χ3n) is 5.36. The van der Waals surface area contributed by atoms with Crippen molar-refractivity contribution >= 4 is 32.8 Å². The first-order chi connectivity index (χ1) is 14.1. The van der Waals surface area contributed by atoms with E-state index in [1.54, 1.807) is 12.1 Å². The second kappa shape index (κ2) is 6.94. The third-order valence-corrected chi connectivity index (χ3v) is 5.36. The van der Waals surface area contributed by atoms with Crippen molar-refractivity contribution in [3.05, 3.63) is 48.5 Å². The van der Waals surface area contributed by atoms with Gasteiger partial charge in [0.05, 0.1) is 28.7 Å². The Morgan fingerprint density at radius 1 is 1.00 bits per heavy atom. The quantitative estimate of drug-likeness (QED) is 0.350. The lowest BCUT2D eigenvalue weighted by Gasteiger charge is -2.39. The molecule has 1 saturated heterocycles. The Bertz CT molecular complexity index is 1190. The van der Waals surface area contributed by atoms with Gasteiger partial charge in [0.25, 0.3) is 0 Å². The van der Waals surface area contributed by atoms with Crippen LogP contribution in [0.15, 0.2) is 48.5 Å². The maximum Gasteiger partial charge on any atom is 0.229 e. The molecule has 1 fully saturated rings. The van der Waals surface area contributed by atoms with Crippen LogP contribution in [0.25, 0.3) is 32.8 Å². The van der Waals surface area contributed by atoms with Gasteiger partial charge in [-0.2, -0.15) is 0 Å². The van der Waals surface area contributed by atoms with Crippen LogP contribution in [0, 0.1) is 0 Å². The molecule has 0 aliphatic carbocycles. The van der Waals surface area contributed by atoms with Crippen LogP contribution in [0.4, 0.5) is 0 Å². The van der Waals surface area contributed by atoms with Gasteiger partial charge in [-0.15, -0.1) is 0 Å². The molecule has 0 spiro atoms. The van der Waals surface area contributed by atoms with Crippen molar-refractivity contribution in [2.75, 3.05) is 6.61 Å². The number of fused-ring (bicyclic) bond motifs is 4. The molecule has 3 heterocycles. The summed E-state index contributed by atoms with van der Waals surface area (Å²) in [6.45, 7) is -0.516. The highest BCUT2D eigenvalue weighted by atomic mass is 16.7. The standard InChI is InChI=1S/C21H20N2O6/c24-9-15-18(25)19(26)20(27)21(29-15)28-14-7-3-5-11-16-13(23-17(11)14)8-10-4-1-2-6-12(10)22-16/h1-8,15,18-21,23-27H,9H2/t15-,18-,19+,20-,21?/m1/s1. The van der Waals surface area contributed by atoms with Crippen LogP contribution in [-0.2, 0) is 4.74 Å². The van der Waals surface area contributed by atoms with Crippen molar-refractivity contribution in [2.24, 2.45) is 0 Å². The number of hydrogen-bond acceptors (Lipinski definition) is 7.